The largest absolute Gasteiger partial charge is 0.362 e. The van der Waals surface area contributed by atoms with Crippen molar-refractivity contribution in [2.24, 2.45) is 0 Å². The molecule has 2 rings (SSSR count). The Labute approximate surface area is 89.0 Å². The predicted octanol–water partition coefficient (Wildman–Crippen LogP) is 1.97. The first-order valence-electron chi connectivity index (χ1n) is 4.75. The summed E-state index contributed by atoms with van der Waals surface area (Å²) in [5.74, 6) is 1.17. The summed E-state index contributed by atoms with van der Waals surface area (Å²) in [6, 6.07) is 8.81. The SMILES string of the molecule is C1CS1.CCC(O)(O)c1ccccc1. The molecule has 3 heteroatoms. The Balaban J connectivity index is 0.000000276. The maximum atomic E-state index is 9.35. The Hall–Kier alpha value is -0.510. The minimum atomic E-state index is -1.67. The van der Waals surface area contributed by atoms with Crippen molar-refractivity contribution >= 4 is 11.8 Å². The van der Waals surface area contributed by atoms with Crippen LogP contribution in [0, 0.1) is 0 Å². The van der Waals surface area contributed by atoms with E-state index in [2.05, 4.69) is 0 Å². The fourth-order valence-corrected chi connectivity index (χ4v) is 0.909. The van der Waals surface area contributed by atoms with Gasteiger partial charge in [0.1, 0.15) is 0 Å². The van der Waals surface area contributed by atoms with Crippen molar-refractivity contribution in [2.75, 3.05) is 11.5 Å². The highest BCUT2D eigenvalue weighted by Crippen LogP contribution is 2.20. The molecule has 1 aliphatic rings. The molecule has 14 heavy (non-hydrogen) atoms. The van der Waals surface area contributed by atoms with Gasteiger partial charge in [0.25, 0.3) is 0 Å². The molecule has 0 unspecified atom stereocenters. The van der Waals surface area contributed by atoms with Crippen LogP contribution < -0.4 is 0 Å². The van der Waals surface area contributed by atoms with E-state index >= 15 is 0 Å². The summed E-state index contributed by atoms with van der Waals surface area (Å²) in [5, 5.41) is 18.7. The van der Waals surface area contributed by atoms with Crippen molar-refractivity contribution in [1.82, 2.24) is 0 Å². The highest BCUT2D eigenvalue weighted by atomic mass is 32.2. The van der Waals surface area contributed by atoms with Gasteiger partial charge in [0.2, 0.25) is 0 Å². The first-order chi connectivity index (χ1) is 6.67. The van der Waals surface area contributed by atoms with Crippen LogP contribution in [0.25, 0.3) is 0 Å². The summed E-state index contributed by atoms with van der Waals surface area (Å²) in [7, 11) is 0. The molecular formula is C11H16O2S. The van der Waals surface area contributed by atoms with E-state index in [-0.39, 0.29) is 0 Å². The molecule has 1 aromatic rings. The highest BCUT2D eigenvalue weighted by Gasteiger charge is 2.21. The van der Waals surface area contributed by atoms with Gasteiger partial charge in [-0.05, 0) is 0 Å². The maximum absolute atomic E-state index is 9.35. The molecule has 2 N–H and O–H groups in total. The quantitative estimate of drug-likeness (QED) is 0.581. The minimum absolute atomic E-state index is 0.303. The number of hydrogen-bond donors (Lipinski definition) is 2. The average Bonchev–Trinajstić information content (AvgIpc) is 3.06. The normalized spacial score (nSPS) is 14.2. The zero-order valence-electron chi connectivity index (χ0n) is 8.31. The van der Waals surface area contributed by atoms with Gasteiger partial charge in [-0.25, -0.2) is 0 Å². The Morgan fingerprint density at radius 2 is 1.71 bits per heavy atom. The molecule has 0 atom stereocenters. The molecule has 78 valence electrons. The third-order valence-electron chi connectivity index (χ3n) is 1.93. The summed E-state index contributed by atoms with van der Waals surface area (Å²) in [5.41, 5.74) is 0.544. The van der Waals surface area contributed by atoms with Gasteiger partial charge in [-0.3, -0.25) is 0 Å². The molecule has 0 spiro atoms. The van der Waals surface area contributed by atoms with Gasteiger partial charge >= 0.3 is 0 Å². The molecular weight excluding hydrogens is 196 g/mol. The van der Waals surface area contributed by atoms with Gasteiger partial charge < -0.3 is 10.2 Å². The molecule has 1 heterocycles. The van der Waals surface area contributed by atoms with Crippen molar-refractivity contribution < 1.29 is 10.2 Å². The van der Waals surface area contributed by atoms with Crippen LogP contribution in [-0.4, -0.2) is 21.7 Å². The predicted molar refractivity (Wildman–Crippen MR) is 60.2 cm³/mol. The third kappa shape index (κ3) is 4.13. The Morgan fingerprint density at radius 3 is 2.07 bits per heavy atom. The second kappa shape index (κ2) is 5.39. The van der Waals surface area contributed by atoms with E-state index in [1.165, 1.54) is 11.5 Å². The average molecular weight is 212 g/mol. The lowest BCUT2D eigenvalue weighted by molar-refractivity contribution is -0.171. The van der Waals surface area contributed by atoms with Crippen molar-refractivity contribution in [3.8, 4) is 0 Å². The first-order valence-corrected chi connectivity index (χ1v) is 5.90. The maximum Gasteiger partial charge on any atom is 0.189 e. The van der Waals surface area contributed by atoms with E-state index in [1.807, 2.05) is 17.8 Å². The molecule has 0 saturated carbocycles. The molecule has 2 nitrogen and oxygen atoms in total. The zero-order chi connectivity index (χ0) is 10.4. The molecule has 1 aliphatic heterocycles. The summed E-state index contributed by atoms with van der Waals surface area (Å²) >= 11 is 2.00. The summed E-state index contributed by atoms with van der Waals surface area (Å²) in [6.45, 7) is 1.73. The van der Waals surface area contributed by atoms with E-state index in [0.29, 0.717) is 12.0 Å². The van der Waals surface area contributed by atoms with E-state index < -0.39 is 5.79 Å². The molecule has 0 aromatic heterocycles. The van der Waals surface area contributed by atoms with Crippen LogP contribution in [0.3, 0.4) is 0 Å². The van der Waals surface area contributed by atoms with Gasteiger partial charge in [0, 0.05) is 23.5 Å². The van der Waals surface area contributed by atoms with Crippen LogP contribution in [0.4, 0.5) is 0 Å². The van der Waals surface area contributed by atoms with E-state index in [0.717, 1.165) is 0 Å². The summed E-state index contributed by atoms with van der Waals surface area (Å²) in [4.78, 5) is 0. The topological polar surface area (TPSA) is 40.5 Å². The summed E-state index contributed by atoms with van der Waals surface area (Å²) < 4.78 is 0. The van der Waals surface area contributed by atoms with Crippen LogP contribution in [0.1, 0.15) is 18.9 Å². The smallest absolute Gasteiger partial charge is 0.189 e. The molecule has 1 fully saturated rings. The van der Waals surface area contributed by atoms with Gasteiger partial charge in [-0.15, -0.1) is 0 Å². The van der Waals surface area contributed by atoms with Crippen LogP contribution in [0.5, 0.6) is 0 Å². The summed E-state index contributed by atoms with van der Waals surface area (Å²) in [6.07, 6.45) is 0.303. The fraction of sp³-hybridized carbons (Fsp3) is 0.455. The van der Waals surface area contributed by atoms with Gasteiger partial charge in [-0.1, -0.05) is 37.3 Å². The van der Waals surface area contributed by atoms with Crippen LogP contribution >= 0.6 is 11.8 Å². The van der Waals surface area contributed by atoms with Crippen LogP contribution in [0.15, 0.2) is 30.3 Å². The van der Waals surface area contributed by atoms with E-state index in [9.17, 15) is 10.2 Å². The third-order valence-corrected chi connectivity index (χ3v) is 2.34. The zero-order valence-corrected chi connectivity index (χ0v) is 9.13. The molecule has 0 aliphatic carbocycles. The number of thioether (sulfide) groups is 1. The molecule has 0 amide bonds. The van der Waals surface area contributed by atoms with Crippen molar-refractivity contribution in [1.29, 1.82) is 0 Å². The second-order valence-corrected chi connectivity index (χ2v) is 4.37. The lowest BCUT2D eigenvalue weighted by Gasteiger charge is -2.19. The van der Waals surface area contributed by atoms with Crippen molar-refractivity contribution in [2.45, 2.75) is 19.1 Å². The van der Waals surface area contributed by atoms with E-state index in [1.54, 1.807) is 31.2 Å². The Morgan fingerprint density at radius 1 is 1.21 bits per heavy atom. The second-order valence-electron chi connectivity index (χ2n) is 3.15. The molecule has 1 saturated heterocycles. The monoisotopic (exact) mass is 212 g/mol. The van der Waals surface area contributed by atoms with E-state index in [4.69, 9.17) is 0 Å². The standard InChI is InChI=1S/C9H12O2.C2H4S/c1-2-9(10,11)8-6-4-3-5-7-8;1-2-3-1/h3-7,10-11H,2H2,1H3;1-2H2. The van der Waals surface area contributed by atoms with Gasteiger partial charge in [0.15, 0.2) is 5.79 Å². The first kappa shape index (κ1) is 11.6. The number of rotatable bonds is 2. The lowest BCUT2D eigenvalue weighted by atomic mass is 10.0. The Kier molecular flexibility index (Phi) is 4.45. The van der Waals surface area contributed by atoms with Crippen molar-refractivity contribution in [3.05, 3.63) is 35.9 Å². The Bertz CT molecular complexity index is 254. The molecule has 0 radical (unpaired) electrons. The number of benzene rings is 1. The molecule has 1 aromatic carbocycles. The number of hydrogen-bond acceptors (Lipinski definition) is 3. The highest BCUT2D eigenvalue weighted by molar-refractivity contribution is 8.06. The minimum Gasteiger partial charge on any atom is -0.362 e. The van der Waals surface area contributed by atoms with Crippen molar-refractivity contribution in [3.63, 3.8) is 0 Å². The fourth-order valence-electron chi connectivity index (χ4n) is 0.909. The lowest BCUT2D eigenvalue weighted by Crippen LogP contribution is -2.23. The van der Waals surface area contributed by atoms with Crippen LogP contribution in [0.2, 0.25) is 0 Å². The van der Waals surface area contributed by atoms with Crippen LogP contribution in [-0.2, 0) is 5.79 Å². The molecule has 0 bridgehead atoms. The van der Waals surface area contributed by atoms with Gasteiger partial charge in [0.05, 0.1) is 0 Å². The number of aliphatic hydroxyl groups is 2. The van der Waals surface area contributed by atoms with Gasteiger partial charge in [-0.2, -0.15) is 11.8 Å².